The van der Waals surface area contributed by atoms with Gasteiger partial charge in [-0.3, -0.25) is 13.6 Å². The fourth-order valence-corrected chi connectivity index (χ4v) is 24.5. The average Bonchev–Trinajstić information content (AvgIpc) is 0.757. The van der Waals surface area contributed by atoms with E-state index < -0.39 is 25.8 Å². The van der Waals surface area contributed by atoms with Gasteiger partial charge in [0.2, 0.25) is 0 Å². The molecule has 148 heavy (non-hydrogen) atoms. The van der Waals surface area contributed by atoms with Crippen molar-refractivity contribution >= 4 is 25.8 Å². The second-order valence-corrected chi connectivity index (χ2v) is 51.5. The monoisotopic (exact) mass is 2100 g/mol. The first-order chi connectivity index (χ1) is 71.9. The number of aryl methyl sites for hydroxylation is 6. The predicted octanol–water partition coefficient (Wildman–Crippen LogP) is 47.6. The molecule has 0 saturated heterocycles. The van der Waals surface area contributed by atoms with Gasteiger partial charge in [-0.2, -0.15) is 0 Å². The molecule has 6 rings (SSSR count). The van der Waals surface area contributed by atoms with Gasteiger partial charge in [0, 0.05) is 22.6 Å². The summed E-state index contributed by atoms with van der Waals surface area (Å²) < 4.78 is 64.6. The van der Waals surface area contributed by atoms with Crippen LogP contribution in [0.15, 0.2) is 109 Å². The molecule has 6 aromatic carbocycles. The highest BCUT2D eigenvalue weighted by Crippen LogP contribution is 2.54. The van der Waals surface area contributed by atoms with E-state index in [2.05, 4.69) is 241 Å². The van der Waals surface area contributed by atoms with Crippen LogP contribution < -0.4 is 27.1 Å². The van der Waals surface area contributed by atoms with Crippen LogP contribution in [-0.4, -0.2) is 19.8 Å². The molecule has 0 aliphatic heterocycles. The average molecular weight is 2100 g/mol. The quantitative estimate of drug-likeness (QED) is 0.0274. The van der Waals surface area contributed by atoms with Crippen LogP contribution in [0.1, 0.15) is 639 Å². The van der Waals surface area contributed by atoms with Crippen molar-refractivity contribution in [3.05, 3.63) is 176 Å². The van der Waals surface area contributed by atoms with E-state index in [0.717, 1.165) is 115 Å². The molecule has 0 aliphatic carbocycles. The molecule has 0 amide bonds. The molecular weight excluding hydrogens is 1870 g/mol. The van der Waals surface area contributed by atoms with Gasteiger partial charge >= 0.3 is 25.8 Å². The van der Waals surface area contributed by atoms with Crippen molar-refractivity contribution in [2.75, 3.05) is 19.8 Å². The highest BCUT2D eigenvalue weighted by molar-refractivity contribution is 7.43. The zero-order valence-electron chi connectivity index (χ0n) is 99.8. The molecule has 4 unspecified atom stereocenters. The Labute approximate surface area is 919 Å². The molecule has 0 heterocycles. The van der Waals surface area contributed by atoms with Crippen LogP contribution in [0.2, 0.25) is 0 Å². The van der Waals surface area contributed by atoms with Crippen LogP contribution in [0.3, 0.4) is 0 Å². The lowest BCUT2D eigenvalue weighted by atomic mass is 9.74. The highest BCUT2D eigenvalue weighted by atomic mass is 31.2. The van der Waals surface area contributed by atoms with E-state index >= 15 is 0 Å². The maximum atomic E-state index is 7.47. The molecule has 0 aromatic heterocycles. The fourth-order valence-electron chi connectivity index (χ4n) is 21.5. The number of hydrogen-bond acceptors (Lipinski definition) is 9. The number of unbranched alkanes of at least 4 members (excludes halogenated alkanes) is 63. The van der Waals surface area contributed by atoms with E-state index in [1.54, 1.807) is 0 Å². The lowest BCUT2D eigenvalue weighted by Gasteiger charge is -2.33. The third-order valence-corrected chi connectivity index (χ3v) is 34.2. The number of rotatable bonds is 95. The maximum Gasteiger partial charge on any atom is 0.463 e. The zero-order valence-corrected chi connectivity index (χ0v) is 102. The summed E-state index contributed by atoms with van der Waals surface area (Å²) in [4.78, 5) is 0. The smallest absolute Gasteiger partial charge is 0.418 e. The Bertz CT molecular complexity index is 4050. The van der Waals surface area contributed by atoms with Crippen LogP contribution in [0.5, 0.6) is 34.5 Å². The van der Waals surface area contributed by atoms with Crippen LogP contribution in [0, 0.1) is 20.8 Å². The molecule has 842 valence electrons. The van der Waals surface area contributed by atoms with Gasteiger partial charge in [0.05, 0.1) is 19.8 Å². The number of benzene rings is 6. The summed E-state index contributed by atoms with van der Waals surface area (Å²) in [5.74, 6) is 4.90. The third kappa shape index (κ3) is 60.0. The highest BCUT2D eigenvalue weighted by Gasteiger charge is 2.35. The minimum Gasteiger partial charge on any atom is -0.418 e. The molecule has 0 fully saturated rings. The number of hydrogen-bond donors (Lipinski definition) is 0. The van der Waals surface area contributed by atoms with E-state index in [1.807, 2.05) is 0 Å². The van der Waals surface area contributed by atoms with Crippen molar-refractivity contribution in [2.24, 2.45) is 0 Å². The van der Waals surface area contributed by atoms with Gasteiger partial charge < -0.3 is 27.1 Å². The van der Waals surface area contributed by atoms with Gasteiger partial charge in [0.15, 0.2) is 0 Å². The van der Waals surface area contributed by atoms with E-state index in [9.17, 15) is 0 Å². The third-order valence-electron chi connectivity index (χ3n) is 30.9. The molecule has 0 aliphatic rings. The minimum atomic E-state index is -1.87. The molecule has 6 aromatic rings. The Kier molecular flexibility index (Phi) is 73.8. The molecule has 12 heteroatoms. The van der Waals surface area contributed by atoms with E-state index in [4.69, 9.17) is 40.7 Å². The summed E-state index contributed by atoms with van der Waals surface area (Å²) in [6, 6.07) is 40.9. The molecule has 0 bridgehead atoms. The molecule has 0 spiro atoms. The van der Waals surface area contributed by atoms with Crippen molar-refractivity contribution in [2.45, 2.75) is 628 Å². The Morgan fingerprint density at radius 2 is 0.405 bits per heavy atom. The second-order valence-electron chi connectivity index (χ2n) is 48.2. The standard InChI is InChI=1S/C136H229O9P3/c1-20-26-32-38-44-47-50-53-56-59-62-65-68-74-80-86-101-137-146(140-121-98-89-95-118(108-121)92-83-77-71-41-35-29-23-4)143-131-105-115(8)124(111-128(131)134(11,12)13)114(7)104-127(125-112-129(135(14,15)16)132(106-116(125)9)144-147(141-122-99-90-96-119(109-122)93-84-78-72-42-36-30-24-5)138-102-87-81-75-69-66-63-60-57-54-51-48-45-39-33-27-21-2)126-113-130(136(17,18)19)133(107-117(126)10)145-148(142-123-100-91-97-120(110-123)94-85-79-73-43-37-31-25-6)139-103-88-82-76-70-67-64-61-58-55-52-49-46-40-34-28-22-3/h89-91,95-100,105-114,127H,20-88,92-94,101-104H2,1-19H3. The van der Waals surface area contributed by atoms with Gasteiger partial charge in [-0.05, 0) is 212 Å². The Morgan fingerprint density at radius 3 is 0.615 bits per heavy atom. The molecular formula is C136H229O9P3. The largest absolute Gasteiger partial charge is 0.463 e. The van der Waals surface area contributed by atoms with Crippen LogP contribution in [-0.2, 0) is 49.1 Å². The molecule has 4 atom stereocenters. The molecule has 0 radical (unpaired) electrons. The second kappa shape index (κ2) is 82.7. The fraction of sp³-hybridized carbons (Fsp3) is 0.735. The van der Waals surface area contributed by atoms with Crippen molar-refractivity contribution in [3.8, 4) is 34.5 Å². The van der Waals surface area contributed by atoms with Crippen molar-refractivity contribution in [3.63, 3.8) is 0 Å². The van der Waals surface area contributed by atoms with Gasteiger partial charge in [-0.1, -0.05) is 570 Å². The summed E-state index contributed by atoms with van der Waals surface area (Å²) in [6.07, 6.45) is 94.4. The summed E-state index contributed by atoms with van der Waals surface area (Å²) in [6.45, 7) is 46.2. The zero-order chi connectivity index (χ0) is 107. The summed E-state index contributed by atoms with van der Waals surface area (Å²) in [5.41, 5.74) is 13.8. The van der Waals surface area contributed by atoms with E-state index in [-0.39, 0.29) is 28.1 Å². The van der Waals surface area contributed by atoms with Crippen LogP contribution >= 0.6 is 25.8 Å². The summed E-state index contributed by atoms with van der Waals surface area (Å²) in [7, 11) is -5.57. The van der Waals surface area contributed by atoms with Crippen molar-refractivity contribution < 1.29 is 40.7 Å². The SMILES string of the molecule is CCCCCCCCCCCCCCCCCCOP(Oc1cccc(CCCCCCCCC)c1)Oc1cc(C)c(C(C)CC(c2cc(C(C)(C)C)c(OP(OCCCCCCCCCCCCCCCCCC)Oc3cccc(CCCCCCCCC)c3)cc2C)c2cc(C(C)(C)C)c(OP(OCCCCCCCCCCCCCCCCCC)Oc3cccc(CCCCCCCCC)c3)cc2C)cc1C(C)(C)C. The predicted molar refractivity (Wildman–Crippen MR) is 650 cm³/mol. The first-order valence-corrected chi connectivity index (χ1v) is 66.3. The maximum absolute atomic E-state index is 7.47. The summed E-state index contributed by atoms with van der Waals surface area (Å²) in [5, 5.41) is 0. The van der Waals surface area contributed by atoms with Gasteiger partial charge in [0.1, 0.15) is 34.5 Å². The van der Waals surface area contributed by atoms with Crippen LogP contribution in [0.4, 0.5) is 0 Å². The minimum absolute atomic E-state index is 0.0754. The first-order valence-electron chi connectivity index (χ1n) is 63.0. The molecule has 0 saturated carbocycles. The van der Waals surface area contributed by atoms with Gasteiger partial charge in [0.25, 0.3) is 0 Å². The molecule has 0 N–H and O–H groups in total. The lowest BCUT2D eigenvalue weighted by molar-refractivity contribution is 0.256. The molecule has 9 nitrogen and oxygen atoms in total. The van der Waals surface area contributed by atoms with E-state index in [1.165, 1.54) is 455 Å². The normalized spacial score (nSPS) is 13.1. The Morgan fingerprint density at radius 1 is 0.216 bits per heavy atom. The van der Waals surface area contributed by atoms with Gasteiger partial charge in [-0.25, -0.2) is 0 Å². The van der Waals surface area contributed by atoms with Gasteiger partial charge in [-0.15, -0.1) is 0 Å². The van der Waals surface area contributed by atoms with E-state index in [0.29, 0.717) is 19.8 Å². The topological polar surface area (TPSA) is 83.1 Å². The van der Waals surface area contributed by atoms with Crippen molar-refractivity contribution in [1.82, 2.24) is 0 Å². The van der Waals surface area contributed by atoms with Crippen molar-refractivity contribution in [1.29, 1.82) is 0 Å². The Hall–Kier alpha value is -4.71. The lowest BCUT2D eigenvalue weighted by Crippen LogP contribution is -2.19. The first kappa shape index (κ1) is 132. The van der Waals surface area contributed by atoms with Crippen LogP contribution in [0.25, 0.3) is 0 Å². The summed E-state index contributed by atoms with van der Waals surface area (Å²) >= 11 is 0. The Balaban J connectivity index is 1.40.